The second-order valence-corrected chi connectivity index (χ2v) is 5.50. The average molecular weight is 272 g/mol. The molecule has 4 heteroatoms. The lowest BCUT2D eigenvalue weighted by Crippen LogP contribution is -2.26. The van der Waals surface area contributed by atoms with Crippen molar-refractivity contribution in [2.75, 3.05) is 13.1 Å². The van der Waals surface area contributed by atoms with Crippen molar-refractivity contribution in [1.29, 1.82) is 0 Å². The van der Waals surface area contributed by atoms with Gasteiger partial charge in [0.05, 0.1) is 0 Å². The predicted octanol–water partition coefficient (Wildman–Crippen LogP) is 2.77. The minimum atomic E-state index is 0.571. The van der Waals surface area contributed by atoms with Crippen LogP contribution < -0.4 is 5.32 Å². The van der Waals surface area contributed by atoms with Crippen molar-refractivity contribution in [2.45, 2.75) is 32.6 Å². The summed E-state index contributed by atoms with van der Waals surface area (Å²) in [6, 6.07) is 10.8. The maximum Gasteiger partial charge on any atom is 0.137 e. The van der Waals surface area contributed by atoms with Crippen LogP contribution in [0.25, 0.3) is 0 Å². The molecule has 1 aromatic heterocycles. The quantitative estimate of drug-likeness (QED) is 0.727. The Morgan fingerprint density at radius 3 is 2.65 bits per heavy atom. The Morgan fingerprint density at radius 1 is 1.20 bits per heavy atom. The predicted molar refractivity (Wildman–Crippen MR) is 81.6 cm³/mol. The largest absolute Gasteiger partial charge is 0.316 e. The van der Waals surface area contributed by atoms with Gasteiger partial charge in [-0.05, 0) is 30.4 Å². The third-order valence-electron chi connectivity index (χ3n) is 3.63. The van der Waals surface area contributed by atoms with Crippen molar-refractivity contribution in [2.24, 2.45) is 5.92 Å². The smallest absolute Gasteiger partial charge is 0.137 e. The SMILES string of the molecule is CC(C)C(CNCCCc1ncn[nH]1)c1ccccc1. The number of rotatable bonds is 8. The van der Waals surface area contributed by atoms with Gasteiger partial charge in [0.15, 0.2) is 0 Å². The summed E-state index contributed by atoms with van der Waals surface area (Å²) >= 11 is 0. The molecular weight excluding hydrogens is 248 g/mol. The third kappa shape index (κ3) is 4.46. The number of hydrogen-bond acceptors (Lipinski definition) is 3. The summed E-state index contributed by atoms with van der Waals surface area (Å²) in [6.07, 6.45) is 3.59. The van der Waals surface area contributed by atoms with Crippen molar-refractivity contribution in [3.8, 4) is 0 Å². The molecule has 2 rings (SSSR count). The van der Waals surface area contributed by atoms with Crippen LogP contribution in [-0.4, -0.2) is 28.3 Å². The van der Waals surface area contributed by atoms with E-state index in [2.05, 4.69) is 64.7 Å². The molecule has 0 aliphatic carbocycles. The summed E-state index contributed by atoms with van der Waals surface area (Å²) in [5.74, 6) is 2.18. The van der Waals surface area contributed by atoms with Crippen LogP contribution in [-0.2, 0) is 6.42 Å². The Labute approximate surface area is 121 Å². The molecule has 0 saturated heterocycles. The van der Waals surface area contributed by atoms with E-state index in [9.17, 15) is 0 Å². The molecule has 0 aliphatic rings. The van der Waals surface area contributed by atoms with Crippen molar-refractivity contribution in [3.05, 3.63) is 48.0 Å². The number of aromatic amines is 1. The zero-order valence-electron chi connectivity index (χ0n) is 12.3. The molecule has 2 aromatic rings. The highest BCUT2D eigenvalue weighted by atomic mass is 15.2. The van der Waals surface area contributed by atoms with Gasteiger partial charge in [0.25, 0.3) is 0 Å². The average Bonchev–Trinajstić information content (AvgIpc) is 2.96. The lowest BCUT2D eigenvalue weighted by atomic mass is 9.88. The van der Waals surface area contributed by atoms with Crippen LogP contribution >= 0.6 is 0 Å². The Kier molecular flexibility index (Phi) is 5.74. The highest BCUT2D eigenvalue weighted by Crippen LogP contribution is 2.23. The van der Waals surface area contributed by atoms with Crippen molar-refractivity contribution < 1.29 is 0 Å². The van der Waals surface area contributed by atoms with Gasteiger partial charge in [-0.1, -0.05) is 44.2 Å². The van der Waals surface area contributed by atoms with Gasteiger partial charge in [-0.25, -0.2) is 4.98 Å². The van der Waals surface area contributed by atoms with Crippen LogP contribution in [0, 0.1) is 5.92 Å². The molecule has 4 nitrogen and oxygen atoms in total. The molecule has 0 fully saturated rings. The maximum atomic E-state index is 4.13. The fourth-order valence-corrected chi connectivity index (χ4v) is 2.43. The molecule has 0 radical (unpaired) electrons. The van der Waals surface area contributed by atoms with Crippen LogP contribution in [0.5, 0.6) is 0 Å². The molecule has 0 saturated carbocycles. The van der Waals surface area contributed by atoms with E-state index in [0.29, 0.717) is 11.8 Å². The third-order valence-corrected chi connectivity index (χ3v) is 3.63. The topological polar surface area (TPSA) is 53.6 Å². The van der Waals surface area contributed by atoms with E-state index in [1.54, 1.807) is 6.33 Å². The van der Waals surface area contributed by atoms with E-state index >= 15 is 0 Å². The van der Waals surface area contributed by atoms with Gasteiger partial charge >= 0.3 is 0 Å². The number of nitrogens with zero attached hydrogens (tertiary/aromatic N) is 2. The minimum absolute atomic E-state index is 0.571. The van der Waals surface area contributed by atoms with Crippen LogP contribution in [0.2, 0.25) is 0 Å². The van der Waals surface area contributed by atoms with E-state index in [1.165, 1.54) is 5.56 Å². The number of hydrogen-bond donors (Lipinski definition) is 2. The fraction of sp³-hybridized carbons (Fsp3) is 0.500. The molecule has 108 valence electrons. The number of aryl methyl sites for hydroxylation is 1. The summed E-state index contributed by atoms with van der Waals surface area (Å²) in [4.78, 5) is 4.13. The Hall–Kier alpha value is -1.68. The molecule has 1 atom stereocenters. The zero-order chi connectivity index (χ0) is 14.2. The number of aromatic nitrogens is 3. The Bertz CT molecular complexity index is 464. The number of H-pyrrole nitrogens is 1. The summed E-state index contributed by atoms with van der Waals surface area (Å²) in [5.41, 5.74) is 1.42. The Morgan fingerprint density at radius 2 is 2.00 bits per heavy atom. The van der Waals surface area contributed by atoms with Crippen LogP contribution in [0.15, 0.2) is 36.7 Å². The first-order valence-corrected chi connectivity index (χ1v) is 7.37. The second-order valence-electron chi connectivity index (χ2n) is 5.50. The maximum absolute atomic E-state index is 4.13. The molecule has 0 aliphatic heterocycles. The van der Waals surface area contributed by atoms with Gasteiger partial charge in [0.2, 0.25) is 0 Å². The first-order valence-electron chi connectivity index (χ1n) is 7.37. The number of nitrogens with one attached hydrogen (secondary N) is 2. The summed E-state index contributed by atoms with van der Waals surface area (Å²) in [7, 11) is 0. The molecule has 1 unspecified atom stereocenters. The van der Waals surface area contributed by atoms with Crippen LogP contribution in [0.1, 0.15) is 37.6 Å². The lowest BCUT2D eigenvalue weighted by Gasteiger charge is -2.22. The number of benzene rings is 1. The highest BCUT2D eigenvalue weighted by Gasteiger charge is 2.14. The van der Waals surface area contributed by atoms with Crippen LogP contribution in [0.3, 0.4) is 0 Å². The van der Waals surface area contributed by atoms with E-state index in [1.807, 2.05) is 0 Å². The molecule has 1 aromatic carbocycles. The van der Waals surface area contributed by atoms with E-state index in [0.717, 1.165) is 31.8 Å². The molecular formula is C16H24N4. The second kappa shape index (κ2) is 7.80. The minimum Gasteiger partial charge on any atom is -0.316 e. The summed E-state index contributed by atoms with van der Waals surface area (Å²) in [5, 5.41) is 10.3. The lowest BCUT2D eigenvalue weighted by molar-refractivity contribution is 0.459. The first kappa shape index (κ1) is 14.7. The van der Waals surface area contributed by atoms with Gasteiger partial charge in [0, 0.05) is 13.0 Å². The summed E-state index contributed by atoms with van der Waals surface area (Å²) < 4.78 is 0. The van der Waals surface area contributed by atoms with Crippen LogP contribution in [0.4, 0.5) is 0 Å². The van der Waals surface area contributed by atoms with Gasteiger partial charge < -0.3 is 5.32 Å². The van der Waals surface area contributed by atoms with Crippen molar-refractivity contribution >= 4 is 0 Å². The van der Waals surface area contributed by atoms with E-state index in [-0.39, 0.29) is 0 Å². The zero-order valence-corrected chi connectivity index (χ0v) is 12.3. The summed E-state index contributed by atoms with van der Waals surface area (Å²) in [6.45, 7) is 6.61. The van der Waals surface area contributed by atoms with Gasteiger partial charge in [0.1, 0.15) is 12.2 Å². The normalized spacial score (nSPS) is 12.8. The molecule has 20 heavy (non-hydrogen) atoms. The van der Waals surface area contributed by atoms with E-state index < -0.39 is 0 Å². The molecule has 2 N–H and O–H groups in total. The van der Waals surface area contributed by atoms with Crippen molar-refractivity contribution in [3.63, 3.8) is 0 Å². The van der Waals surface area contributed by atoms with Gasteiger partial charge in [-0.3, -0.25) is 5.10 Å². The molecule has 1 heterocycles. The monoisotopic (exact) mass is 272 g/mol. The van der Waals surface area contributed by atoms with Crippen molar-refractivity contribution in [1.82, 2.24) is 20.5 Å². The molecule has 0 bridgehead atoms. The Balaban J connectivity index is 1.73. The molecule has 0 amide bonds. The fourth-order valence-electron chi connectivity index (χ4n) is 2.43. The van der Waals surface area contributed by atoms with E-state index in [4.69, 9.17) is 0 Å². The highest BCUT2D eigenvalue weighted by molar-refractivity contribution is 5.20. The van der Waals surface area contributed by atoms with Gasteiger partial charge in [-0.15, -0.1) is 0 Å². The van der Waals surface area contributed by atoms with Gasteiger partial charge in [-0.2, -0.15) is 5.10 Å². The standard InChI is InChI=1S/C16H24N4/c1-13(2)15(14-7-4-3-5-8-14)11-17-10-6-9-16-18-12-19-20-16/h3-5,7-8,12-13,15,17H,6,9-11H2,1-2H3,(H,18,19,20). The first-order chi connectivity index (χ1) is 9.77. The molecule has 0 spiro atoms.